The maximum absolute atomic E-state index is 13.1. The third-order valence-electron chi connectivity index (χ3n) is 5.68. The standard InChI is InChI=1S/C24H30FN5O3/c25-19-8-6-18(7-9-19)16-30-12-3-4-21(17-30)28-22-15-26-20(14-27-22)10-11-23(31)29-33-24-5-1-2-13-32-24/h6-11,14-15,21,24H,1-5,12-13,16-17H2,(H,27,28)(H,29,31)/t21-,24?/m1/s1. The molecule has 0 spiro atoms. The summed E-state index contributed by atoms with van der Waals surface area (Å²) in [6.45, 7) is 3.35. The average molecular weight is 456 g/mol. The number of amides is 1. The van der Waals surface area contributed by atoms with Crippen molar-refractivity contribution in [1.29, 1.82) is 0 Å². The lowest BCUT2D eigenvalue weighted by Crippen LogP contribution is -2.41. The van der Waals surface area contributed by atoms with E-state index in [1.807, 2.05) is 12.1 Å². The summed E-state index contributed by atoms with van der Waals surface area (Å²) >= 11 is 0. The lowest BCUT2D eigenvalue weighted by Gasteiger charge is -2.33. The summed E-state index contributed by atoms with van der Waals surface area (Å²) in [5, 5.41) is 3.44. The minimum absolute atomic E-state index is 0.211. The zero-order chi connectivity index (χ0) is 22.9. The van der Waals surface area contributed by atoms with Crippen molar-refractivity contribution in [3.8, 4) is 0 Å². The van der Waals surface area contributed by atoms with E-state index < -0.39 is 0 Å². The molecule has 176 valence electrons. The van der Waals surface area contributed by atoms with Gasteiger partial charge in [0, 0.05) is 38.2 Å². The van der Waals surface area contributed by atoms with E-state index in [9.17, 15) is 9.18 Å². The summed E-state index contributed by atoms with van der Waals surface area (Å²) < 4.78 is 18.5. The van der Waals surface area contributed by atoms with Gasteiger partial charge in [-0.2, -0.15) is 0 Å². The molecule has 2 aliphatic rings. The Bertz CT molecular complexity index is 917. The largest absolute Gasteiger partial charge is 0.365 e. The van der Waals surface area contributed by atoms with Crippen molar-refractivity contribution in [2.75, 3.05) is 25.0 Å². The van der Waals surface area contributed by atoms with Crippen molar-refractivity contribution in [3.05, 3.63) is 59.8 Å². The van der Waals surface area contributed by atoms with Gasteiger partial charge in [-0.05, 0) is 56.0 Å². The van der Waals surface area contributed by atoms with Gasteiger partial charge in [0.25, 0.3) is 5.91 Å². The molecule has 4 rings (SSSR count). The van der Waals surface area contributed by atoms with Gasteiger partial charge < -0.3 is 10.1 Å². The maximum Gasteiger partial charge on any atom is 0.267 e. The molecule has 0 radical (unpaired) electrons. The van der Waals surface area contributed by atoms with Crippen LogP contribution < -0.4 is 10.8 Å². The summed E-state index contributed by atoms with van der Waals surface area (Å²) in [6, 6.07) is 6.94. The van der Waals surface area contributed by atoms with Crippen LogP contribution in [0, 0.1) is 5.82 Å². The number of halogens is 1. The van der Waals surface area contributed by atoms with Gasteiger partial charge in [0.2, 0.25) is 0 Å². The molecule has 1 unspecified atom stereocenters. The summed E-state index contributed by atoms with van der Waals surface area (Å²) in [4.78, 5) is 28.3. The number of anilines is 1. The number of rotatable bonds is 8. The van der Waals surface area contributed by atoms with Crippen molar-refractivity contribution in [1.82, 2.24) is 20.3 Å². The van der Waals surface area contributed by atoms with E-state index in [-0.39, 0.29) is 24.1 Å². The van der Waals surface area contributed by atoms with E-state index >= 15 is 0 Å². The molecule has 2 N–H and O–H groups in total. The SMILES string of the molecule is O=C(C=Cc1cnc(N[C@@H]2CCCN(Cc3ccc(F)cc3)C2)cn1)NOC1CCCCO1. The third kappa shape index (κ3) is 7.59. The minimum Gasteiger partial charge on any atom is -0.365 e. The number of carbonyl (C=O) groups is 1. The summed E-state index contributed by atoms with van der Waals surface area (Å²) in [6.07, 6.45) is 10.8. The molecule has 0 aliphatic carbocycles. The Hall–Kier alpha value is -2.88. The van der Waals surface area contributed by atoms with Gasteiger partial charge in [0.05, 0.1) is 18.1 Å². The van der Waals surface area contributed by atoms with E-state index in [1.165, 1.54) is 18.2 Å². The van der Waals surface area contributed by atoms with Gasteiger partial charge in [-0.15, -0.1) is 0 Å². The second-order valence-electron chi connectivity index (χ2n) is 8.39. The lowest BCUT2D eigenvalue weighted by molar-refractivity contribution is -0.198. The maximum atomic E-state index is 13.1. The molecule has 2 aromatic rings. The van der Waals surface area contributed by atoms with Crippen LogP contribution in [-0.2, 0) is 20.9 Å². The fourth-order valence-electron chi connectivity index (χ4n) is 4.00. The zero-order valence-corrected chi connectivity index (χ0v) is 18.6. The highest BCUT2D eigenvalue weighted by Gasteiger charge is 2.20. The van der Waals surface area contributed by atoms with Crippen molar-refractivity contribution in [3.63, 3.8) is 0 Å². The fourth-order valence-corrected chi connectivity index (χ4v) is 4.00. The van der Waals surface area contributed by atoms with Gasteiger partial charge in [-0.3, -0.25) is 14.7 Å². The summed E-state index contributed by atoms with van der Waals surface area (Å²) in [5.74, 6) is 0.108. The molecule has 33 heavy (non-hydrogen) atoms. The molecule has 0 saturated carbocycles. The van der Waals surface area contributed by atoms with Gasteiger partial charge in [-0.1, -0.05) is 12.1 Å². The molecular weight excluding hydrogens is 425 g/mol. The molecule has 1 aromatic heterocycles. The van der Waals surface area contributed by atoms with Crippen LogP contribution in [0.1, 0.15) is 43.4 Å². The number of ether oxygens (including phenoxy) is 1. The van der Waals surface area contributed by atoms with Gasteiger partial charge in [0.1, 0.15) is 11.6 Å². The number of nitrogens with one attached hydrogen (secondary N) is 2. The Morgan fingerprint density at radius 1 is 1.18 bits per heavy atom. The number of hydrogen-bond acceptors (Lipinski definition) is 7. The first-order chi connectivity index (χ1) is 16.1. The quantitative estimate of drug-likeness (QED) is 0.466. The number of likely N-dealkylation sites (tertiary alicyclic amines) is 1. The summed E-state index contributed by atoms with van der Waals surface area (Å²) in [5.41, 5.74) is 4.06. The van der Waals surface area contributed by atoms with E-state index in [1.54, 1.807) is 18.5 Å². The van der Waals surface area contributed by atoms with Crippen LogP contribution in [0.4, 0.5) is 10.2 Å². The molecule has 0 bridgehead atoms. The molecule has 9 heteroatoms. The normalized spacial score (nSPS) is 21.7. The second kappa shape index (κ2) is 11.8. The Morgan fingerprint density at radius 2 is 2.06 bits per heavy atom. The highest BCUT2D eigenvalue weighted by Crippen LogP contribution is 2.17. The van der Waals surface area contributed by atoms with Crippen molar-refractivity contribution < 1.29 is 18.8 Å². The minimum atomic E-state index is -0.382. The number of hydrogen-bond donors (Lipinski definition) is 2. The van der Waals surface area contributed by atoms with Crippen LogP contribution in [0.5, 0.6) is 0 Å². The van der Waals surface area contributed by atoms with Gasteiger partial charge in [-0.25, -0.2) is 19.7 Å². The van der Waals surface area contributed by atoms with Gasteiger partial charge in [0.15, 0.2) is 6.29 Å². The highest BCUT2D eigenvalue weighted by atomic mass is 19.1. The second-order valence-corrected chi connectivity index (χ2v) is 8.39. The smallest absolute Gasteiger partial charge is 0.267 e. The fraction of sp³-hybridized carbons (Fsp3) is 0.458. The average Bonchev–Trinajstić information content (AvgIpc) is 2.85. The van der Waals surface area contributed by atoms with Gasteiger partial charge >= 0.3 is 0 Å². The number of aromatic nitrogens is 2. The van der Waals surface area contributed by atoms with Crippen molar-refractivity contribution in [2.45, 2.75) is 51.0 Å². The van der Waals surface area contributed by atoms with Crippen LogP contribution in [0.2, 0.25) is 0 Å². The Morgan fingerprint density at radius 3 is 2.82 bits per heavy atom. The number of nitrogens with zero attached hydrogens (tertiary/aromatic N) is 3. The Labute approximate surface area is 193 Å². The molecule has 2 aliphatic heterocycles. The van der Waals surface area contributed by atoms with E-state index in [0.29, 0.717) is 18.1 Å². The molecule has 3 heterocycles. The first-order valence-corrected chi connectivity index (χ1v) is 11.4. The number of benzene rings is 1. The molecule has 1 aromatic carbocycles. The van der Waals surface area contributed by atoms with Crippen LogP contribution in [-0.4, -0.2) is 52.8 Å². The number of hydroxylamine groups is 1. The predicted octanol–water partition coefficient (Wildman–Crippen LogP) is 3.28. The molecule has 2 atom stereocenters. The zero-order valence-electron chi connectivity index (χ0n) is 18.6. The molecule has 1 amide bonds. The van der Waals surface area contributed by atoms with E-state index in [2.05, 4.69) is 25.7 Å². The predicted molar refractivity (Wildman–Crippen MR) is 122 cm³/mol. The highest BCUT2D eigenvalue weighted by molar-refractivity contribution is 5.90. The van der Waals surface area contributed by atoms with Crippen LogP contribution in [0.3, 0.4) is 0 Å². The Balaban J connectivity index is 1.21. The molecule has 2 fully saturated rings. The third-order valence-corrected chi connectivity index (χ3v) is 5.68. The monoisotopic (exact) mass is 455 g/mol. The molecule has 2 saturated heterocycles. The van der Waals surface area contributed by atoms with E-state index in [0.717, 1.165) is 57.3 Å². The first kappa shape index (κ1) is 23.3. The summed E-state index contributed by atoms with van der Waals surface area (Å²) in [7, 11) is 0. The van der Waals surface area contributed by atoms with Crippen LogP contribution in [0.25, 0.3) is 6.08 Å². The van der Waals surface area contributed by atoms with Crippen molar-refractivity contribution >= 4 is 17.8 Å². The van der Waals surface area contributed by atoms with Crippen LogP contribution in [0.15, 0.2) is 42.7 Å². The van der Waals surface area contributed by atoms with E-state index in [4.69, 9.17) is 9.57 Å². The molecular formula is C24H30FN5O3. The van der Waals surface area contributed by atoms with Crippen LogP contribution >= 0.6 is 0 Å². The first-order valence-electron chi connectivity index (χ1n) is 11.4. The topological polar surface area (TPSA) is 88.6 Å². The lowest BCUT2D eigenvalue weighted by atomic mass is 10.0. The number of piperidine rings is 1. The van der Waals surface area contributed by atoms with Crippen molar-refractivity contribution in [2.24, 2.45) is 0 Å². The molecule has 8 nitrogen and oxygen atoms in total. The number of carbonyl (C=O) groups excluding carboxylic acids is 1. The Kier molecular flexibility index (Phi) is 8.35.